The van der Waals surface area contributed by atoms with Crippen molar-refractivity contribution in [1.29, 1.82) is 0 Å². The molecule has 0 aliphatic rings. The van der Waals surface area contributed by atoms with E-state index in [0.717, 1.165) is 9.37 Å². The Labute approximate surface area is 108 Å². The Morgan fingerprint density at radius 1 is 0.750 bits per heavy atom. The molecule has 0 bridgehead atoms. The average molecular weight is 289 g/mol. The van der Waals surface area contributed by atoms with Gasteiger partial charge in [-0.25, -0.2) is 0 Å². The lowest BCUT2D eigenvalue weighted by Gasteiger charge is -2.07. The molecule has 0 N–H and O–H groups in total. The lowest BCUT2D eigenvalue weighted by molar-refractivity contribution is 1.57. The summed E-state index contributed by atoms with van der Waals surface area (Å²) in [6, 6.07) is 16.7. The Morgan fingerprint density at radius 2 is 1.38 bits per heavy atom. The van der Waals surface area contributed by atoms with Crippen molar-refractivity contribution in [2.24, 2.45) is 0 Å². The molecular weight excluding hydrogens is 280 g/mol. The number of rotatable bonds is 0. The Balaban J connectivity index is 2.67. The van der Waals surface area contributed by atoms with Crippen LogP contribution in [0.25, 0.3) is 21.5 Å². The fourth-order valence-corrected chi connectivity index (χ4v) is 3.00. The predicted octanol–water partition coefficient (Wildman–Crippen LogP) is 5.04. The highest BCUT2D eigenvalue weighted by Crippen LogP contribution is 2.34. The van der Waals surface area contributed by atoms with E-state index in [1.807, 2.05) is 12.1 Å². The molecule has 3 aromatic carbocycles. The van der Waals surface area contributed by atoms with Gasteiger partial charge in [-0.1, -0.05) is 52.3 Å². The lowest BCUT2D eigenvalue weighted by atomic mass is 10.0. The van der Waals surface area contributed by atoms with Crippen molar-refractivity contribution in [3.05, 3.63) is 53.0 Å². The topological polar surface area (TPSA) is 0 Å². The molecule has 0 fully saturated rings. The van der Waals surface area contributed by atoms with E-state index in [9.17, 15) is 0 Å². The first-order chi connectivity index (χ1) is 7.77. The fourth-order valence-electron chi connectivity index (χ4n) is 2.09. The molecule has 0 aromatic heterocycles. The molecule has 3 aromatic rings. The molecule has 2 heteroatoms. The molecule has 0 atom stereocenters. The van der Waals surface area contributed by atoms with Gasteiger partial charge >= 0.3 is 0 Å². The van der Waals surface area contributed by atoms with Crippen LogP contribution in [0.4, 0.5) is 0 Å². The molecule has 0 amide bonds. The van der Waals surface area contributed by atoms with Gasteiger partial charge in [0.15, 0.2) is 0 Å². The third kappa shape index (κ3) is 1.45. The monoisotopic (exact) mass is 288 g/mol. The molecule has 0 saturated heterocycles. The highest BCUT2D eigenvalue weighted by molar-refractivity contribution is 9.10. The van der Waals surface area contributed by atoms with Gasteiger partial charge in [-0.05, 0) is 22.9 Å². The number of hydrogen-bond donors (Lipinski definition) is 1. The molecule has 0 heterocycles. The zero-order chi connectivity index (χ0) is 11.1. The van der Waals surface area contributed by atoms with E-state index in [4.69, 9.17) is 0 Å². The first-order valence-corrected chi connectivity index (χ1v) is 6.30. The average Bonchev–Trinajstić information content (AvgIpc) is 2.29. The van der Waals surface area contributed by atoms with E-state index in [1.54, 1.807) is 0 Å². The molecule has 0 radical (unpaired) electrons. The third-order valence-corrected chi connectivity index (χ3v) is 3.85. The Kier molecular flexibility index (Phi) is 2.41. The first-order valence-electron chi connectivity index (χ1n) is 5.06. The summed E-state index contributed by atoms with van der Waals surface area (Å²) in [6.07, 6.45) is 0. The van der Waals surface area contributed by atoms with Crippen LogP contribution >= 0.6 is 28.6 Å². The number of thiol groups is 1. The van der Waals surface area contributed by atoms with Gasteiger partial charge in [0.05, 0.1) is 0 Å². The van der Waals surface area contributed by atoms with Gasteiger partial charge in [-0.15, -0.1) is 12.6 Å². The summed E-state index contributed by atoms with van der Waals surface area (Å²) in [5.41, 5.74) is 0. The Morgan fingerprint density at radius 3 is 2.12 bits per heavy atom. The van der Waals surface area contributed by atoms with E-state index < -0.39 is 0 Å². The second kappa shape index (κ2) is 3.79. The summed E-state index contributed by atoms with van der Waals surface area (Å²) >= 11 is 8.17. The number of hydrogen-bond acceptors (Lipinski definition) is 1. The highest BCUT2D eigenvalue weighted by atomic mass is 79.9. The van der Waals surface area contributed by atoms with Gasteiger partial charge < -0.3 is 0 Å². The standard InChI is InChI=1S/C14H9BrS/c15-11-5-1-3-9-7-8-10-4-2-6-12(16)14(10)13(9)11/h1-8,16H. The molecule has 0 spiro atoms. The van der Waals surface area contributed by atoms with E-state index in [0.29, 0.717) is 0 Å². The number of fused-ring (bicyclic) bond motifs is 3. The minimum absolute atomic E-state index is 1.02. The van der Waals surface area contributed by atoms with Crippen molar-refractivity contribution in [2.45, 2.75) is 4.90 Å². The molecule has 16 heavy (non-hydrogen) atoms. The zero-order valence-electron chi connectivity index (χ0n) is 8.44. The van der Waals surface area contributed by atoms with E-state index in [1.165, 1.54) is 21.5 Å². The number of halogens is 1. The SMILES string of the molecule is Sc1cccc2ccc3cccc(Br)c3c12. The van der Waals surface area contributed by atoms with Gasteiger partial charge in [0, 0.05) is 20.1 Å². The van der Waals surface area contributed by atoms with Crippen molar-refractivity contribution in [2.75, 3.05) is 0 Å². The van der Waals surface area contributed by atoms with Crippen molar-refractivity contribution in [1.82, 2.24) is 0 Å². The summed E-state index contributed by atoms with van der Waals surface area (Å²) < 4.78 is 1.12. The van der Waals surface area contributed by atoms with E-state index >= 15 is 0 Å². The zero-order valence-corrected chi connectivity index (χ0v) is 10.9. The summed E-state index contributed by atoms with van der Waals surface area (Å²) in [4.78, 5) is 1.02. The molecule has 78 valence electrons. The van der Waals surface area contributed by atoms with Crippen molar-refractivity contribution in [3.63, 3.8) is 0 Å². The van der Waals surface area contributed by atoms with E-state index in [-0.39, 0.29) is 0 Å². The fraction of sp³-hybridized carbons (Fsp3) is 0. The van der Waals surface area contributed by atoms with Crippen LogP contribution in [0.5, 0.6) is 0 Å². The Bertz CT molecular complexity index is 628. The van der Waals surface area contributed by atoms with Crippen LogP contribution in [0.15, 0.2) is 57.9 Å². The molecular formula is C14H9BrS. The van der Waals surface area contributed by atoms with Crippen LogP contribution in [0, 0.1) is 0 Å². The maximum absolute atomic E-state index is 4.55. The second-order valence-electron chi connectivity index (χ2n) is 3.78. The summed E-state index contributed by atoms with van der Waals surface area (Å²) in [5, 5.41) is 4.93. The van der Waals surface area contributed by atoms with Crippen LogP contribution in [0.2, 0.25) is 0 Å². The summed E-state index contributed by atoms with van der Waals surface area (Å²) in [7, 11) is 0. The maximum atomic E-state index is 4.55. The van der Waals surface area contributed by atoms with Crippen molar-refractivity contribution in [3.8, 4) is 0 Å². The minimum atomic E-state index is 1.02. The van der Waals surface area contributed by atoms with Gasteiger partial charge in [0.2, 0.25) is 0 Å². The smallest absolute Gasteiger partial charge is 0.0260 e. The maximum Gasteiger partial charge on any atom is 0.0260 e. The number of benzene rings is 3. The summed E-state index contributed by atoms with van der Waals surface area (Å²) in [5.74, 6) is 0. The van der Waals surface area contributed by atoms with Crippen LogP contribution in [0.1, 0.15) is 0 Å². The van der Waals surface area contributed by atoms with Crippen LogP contribution in [0.3, 0.4) is 0 Å². The van der Waals surface area contributed by atoms with Gasteiger partial charge in [0.1, 0.15) is 0 Å². The largest absolute Gasteiger partial charge is 0.143 e. The van der Waals surface area contributed by atoms with E-state index in [2.05, 4.69) is 65.0 Å². The van der Waals surface area contributed by atoms with Crippen LogP contribution in [-0.4, -0.2) is 0 Å². The first kappa shape index (κ1) is 10.2. The highest BCUT2D eigenvalue weighted by Gasteiger charge is 2.05. The van der Waals surface area contributed by atoms with Gasteiger partial charge in [-0.3, -0.25) is 0 Å². The second-order valence-corrected chi connectivity index (χ2v) is 5.11. The molecule has 0 nitrogen and oxygen atoms in total. The lowest BCUT2D eigenvalue weighted by Crippen LogP contribution is -1.80. The molecule has 0 saturated carbocycles. The van der Waals surface area contributed by atoms with Crippen molar-refractivity contribution < 1.29 is 0 Å². The normalized spacial score (nSPS) is 11.1. The molecule has 0 aliphatic heterocycles. The summed E-state index contributed by atoms with van der Waals surface area (Å²) in [6.45, 7) is 0. The van der Waals surface area contributed by atoms with Crippen LogP contribution in [-0.2, 0) is 0 Å². The Hall–Kier alpha value is -0.990. The minimum Gasteiger partial charge on any atom is -0.143 e. The van der Waals surface area contributed by atoms with Crippen molar-refractivity contribution >= 4 is 50.1 Å². The quantitative estimate of drug-likeness (QED) is 0.435. The molecule has 0 unspecified atom stereocenters. The molecule has 3 rings (SSSR count). The molecule has 0 aliphatic carbocycles. The predicted molar refractivity (Wildman–Crippen MR) is 76.4 cm³/mol. The van der Waals surface area contributed by atoms with Gasteiger partial charge in [-0.2, -0.15) is 0 Å². The van der Waals surface area contributed by atoms with Crippen LogP contribution < -0.4 is 0 Å². The third-order valence-electron chi connectivity index (χ3n) is 2.81. The van der Waals surface area contributed by atoms with Gasteiger partial charge in [0.25, 0.3) is 0 Å².